The first-order valence-corrected chi connectivity index (χ1v) is 8.17. The van der Waals surface area contributed by atoms with Crippen molar-refractivity contribution in [3.63, 3.8) is 0 Å². The molecule has 0 aromatic heterocycles. The molecule has 0 aromatic rings. The van der Waals surface area contributed by atoms with Gasteiger partial charge >= 0.3 is 0 Å². The molecule has 144 valence electrons. The van der Waals surface area contributed by atoms with E-state index in [1.165, 1.54) is 19.3 Å². The molecule has 1 atom stereocenters. The highest BCUT2D eigenvalue weighted by Crippen LogP contribution is 2.26. The summed E-state index contributed by atoms with van der Waals surface area (Å²) in [7, 11) is 1.34. The van der Waals surface area contributed by atoms with Gasteiger partial charge in [0.25, 0.3) is 11.9 Å². The van der Waals surface area contributed by atoms with Crippen LogP contribution < -0.4 is 10.6 Å². The van der Waals surface area contributed by atoms with Crippen molar-refractivity contribution in [1.82, 2.24) is 10.6 Å². The van der Waals surface area contributed by atoms with Crippen molar-refractivity contribution in [3.05, 3.63) is 35.4 Å². The van der Waals surface area contributed by atoms with Crippen molar-refractivity contribution in [2.75, 3.05) is 20.2 Å². The Balaban J connectivity index is 4.84. The van der Waals surface area contributed by atoms with Crippen LogP contribution in [0.25, 0.3) is 0 Å². The van der Waals surface area contributed by atoms with Crippen LogP contribution in [0.3, 0.4) is 0 Å². The summed E-state index contributed by atoms with van der Waals surface area (Å²) in [6.07, 6.45) is 9.56. The number of nitrogens with zero attached hydrogens (tertiary/aromatic N) is 1. The van der Waals surface area contributed by atoms with Gasteiger partial charge in [0.2, 0.25) is 6.41 Å². The molecule has 8 heteroatoms. The first kappa shape index (κ1) is 23.7. The van der Waals surface area contributed by atoms with Crippen LogP contribution in [0.4, 0.5) is 8.78 Å². The number of methoxy groups -OCH3 is 1. The summed E-state index contributed by atoms with van der Waals surface area (Å²) >= 11 is 5.87. The quantitative estimate of drug-likeness (QED) is 0.143. The molecule has 0 aromatic carbocycles. The van der Waals surface area contributed by atoms with Gasteiger partial charge in [-0.3, -0.25) is 4.79 Å². The van der Waals surface area contributed by atoms with E-state index in [0.717, 1.165) is 0 Å². The second kappa shape index (κ2) is 13.0. The number of aliphatic imine (C=N–C) groups is 1. The Labute approximate surface area is 158 Å². The second-order valence-electron chi connectivity index (χ2n) is 5.38. The molecule has 0 spiro atoms. The summed E-state index contributed by atoms with van der Waals surface area (Å²) < 4.78 is 33.5. The molecular weight excluding hydrogens is 364 g/mol. The summed E-state index contributed by atoms with van der Waals surface area (Å²) in [5.74, 6) is -0.822. The standard InChI is InChI=1S/C18H24ClF2N3O2/c1-5-6-7-15(19)9-11-22-17(26-4)23-12-16(24-13-25)18(20,21)10-8-14(2)3/h1,6-7,9,13,16H,2,8,10-12H2,3-4H3,(H,22,23)(H,24,25)/b7-6-,15-9+. The van der Waals surface area contributed by atoms with Crippen molar-refractivity contribution in [3.8, 4) is 12.3 Å². The minimum atomic E-state index is -3.12. The van der Waals surface area contributed by atoms with E-state index >= 15 is 0 Å². The summed E-state index contributed by atoms with van der Waals surface area (Å²) in [5, 5.41) is 5.16. The fourth-order valence-corrected chi connectivity index (χ4v) is 1.89. The highest BCUT2D eigenvalue weighted by molar-refractivity contribution is 6.31. The van der Waals surface area contributed by atoms with Crippen LogP contribution in [0.5, 0.6) is 0 Å². The maximum absolute atomic E-state index is 14.2. The van der Waals surface area contributed by atoms with Crippen molar-refractivity contribution < 1.29 is 18.3 Å². The summed E-state index contributed by atoms with van der Waals surface area (Å²) in [4.78, 5) is 14.7. The second-order valence-corrected chi connectivity index (χ2v) is 5.81. The predicted octanol–water partition coefficient (Wildman–Crippen LogP) is 3.00. The van der Waals surface area contributed by atoms with Crippen molar-refractivity contribution in [1.29, 1.82) is 0 Å². The highest BCUT2D eigenvalue weighted by atomic mass is 35.5. The fraction of sp³-hybridized carbons (Fsp3) is 0.444. The third-order valence-electron chi connectivity index (χ3n) is 3.17. The normalized spacial score (nSPS) is 13.8. The molecule has 26 heavy (non-hydrogen) atoms. The number of ether oxygens (including phenoxy) is 1. The number of allylic oxidation sites excluding steroid dienone is 4. The Kier molecular flexibility index (Phi) is 11.8. The minimum Gasteiger partial charge on any atom is -0.469 e. The van der Waals surface area contributed by atoms with Gasteiger partial charge in [0.15, 0.2) is 0 Å². The zero-order chi connectivity index (χ0) is 20.0. The van der Waals surface area contributed by atoms with Crippen LogP contribution in [0.1, 0.15) is 19.8 Å². The van der Waals surface area contributed by atoms with Crippen molar-refractivity contribution in [2.45, 2.75) is 31.7 Å². The van der Waals surface area contributed by atoms with Crippen LogP contribution in [-0.2, 0) is 9.53 Å². The van der Waals surface area contributed by atoms with Gasteiger partial charge in [0.1, 0.15) is 6.04 Å². The monoisotopic (exact) mass is 387 g/mol. The molecule has 0 aliphatic carbocycles. The van der Waals surface area contributed by atoms with E-state index in [1.807, 2.05) is 0 Å². The third kappa shape index (κ3) is 10.5. The Morgan fingerprint density at radius 1 is 1.54 bits per heavy atom. The summed E-state index contributed by atoms with van der Waals surface area (Å²) in [6, 6.07) is -1.38. The number of rotatable bonds is 11. The number of hydrogen-bond acceptors (Lipinski definition) is 3. The molecule has 0 bridgehead atoms. The molecule has 0 heterocycles. The maximum atomic E-state index is 14.2. The van der Waals surface area contributed by atoms with Gasteiger partial charge in [-0.2, -0.15) is 0 Å². The molecule has 0 saturated carbocycles. The summed E-state index contributed by atoms with van der Waals surface area (Å²) in [6.45, 7) is 5.17. The minimum absolute atomic E-state index is 0.0417. The van der Waals surface area contributed by atoms with Gasteiger partial charge in [-0.25, -0.2) is 13.8 Å². The number of alkyl halides is 2. The van der Waals surface area contributed by atoms with E-state index < -0.39 is 18.4 Å². The lowest BCUT2D eigenvalue weighted by atomic mass is 10.0. The molecule has 1 amide bonds. The van der Waals surface area contributed by atoms with E-state index in [4.69, 9.17) is 22.8 Å². The number of amides is 1. The number of amidine groups is 1. The van der Waals surface area contributed by atoms with Crippen LogP contribution in [0, 0.1) is 12.3 Å². The topological polar surface area (TPSA) is 62.7 Å². The van der Waals surface area contributed by atoms with Gasteiger partial charge < -0.3 is 15.4 Å². The molecule has 0 aliphatic rings. The number of terminal acetylenes is 1. The van der Waals surface area contributed by atoms with Gasteiger partial charge in [0, 0.05) is 18.0 Å². The first-order valence-electron chi connectivity index (χ1n) is 7.79. The van der Waals surface area contributed by atoms with Gasteiger partial charge in [-0.15, -0.1) is 13.0 Å². The van der Waals surface area contributed by atoms with Crippen LogP contribution in [0.15, 0.2) is 40.4 Å². The zero-order valence-corrected chi connectivity index (χ0v) is 15.7. The smallest absolute Gasteiger partial charge is 0.284 e. The molecule has 0 radical (unpaired) electrons. The Morgan fingerprint density at radius 3 is 2.77 bits per heavy atom. The molecule has 0 rings (SSSR count). The number of hydrogen-bond donors (Lipinski definition) is 2. The molecule has 0 aliphatic heterocycles. The van der Waals surface area contributed by atoms with Gasteiger partial charge in [-0.1, -0.05) is 23.1 Å². The SMILES string of the molecule is C#C/C=C\C(Cl)=C/CN=C(NCC(NC=O)C(F)(F)CCC(=C)C)OC. The zero-order valence-electron chi connectivity index (χ0n) is 14.9. The first-order chi connectivity index (χ1) is 12.3. The van der Waals surface area contributed by atoms with Crippen LogP contribution >= 0.6 is 11.6 Å². The maximum Gasteiger partial charge on any atom is 0.284 e. The number of carbonyl (C=O) groups excluding carboxylic acids is 1. The summed E-state index contributed by atoms with van der Waals surface area (Å²) in [5.41, 5.74) is 0.643. The Bertz CT molecular complexity index is 596. The van der Waals surface area contributed by atoms with Crippen LogP contribution in [0.2, 0.25) is 0 Å². The highest BCUT2D eigenvalue weighted by Gasteiger charge is 2.38. The molecular formula is C18H24ClF2N3O2. The average Bonchev–Trinajstić information content (AvgIpc) is 2.59. The van der Waals surface area contributed by atoms with Gasteiger partial charge in [-0.05, 0) is 31.6 Å². The van der Waals surface area contributed by atoms with E-state index in [0.29, 0.717) is 10.6 Å². The van der Waals surface area contributed by atoms with E-state index in [-0.39, 0.29) is 31.9 Å². The van der Waals surface area contributed by atoms with Crippen LogP contribution in [-0.4, -0.2) is 44.6 Å². The van der Waals surface area contributed by atoms with Crippen molar-refractivity contribution in [2.24, 2.45) is 4.99 Å². The molecule has 2 N–H and O–H groups in total. The lowest BCUT2D eigenvalue weighted by molar-refractivity contribution is -0.114. The lowest BCUT2D eigenvalue weighted by Crippen LogP contribution is -2.51. The number of halogens is 3. The average molecular weight is 388 g/mol. The molecule has 1 unspecified atom stereocenters. The Hall–Kier alpha value is -2.33. The van der Waals surface area contributed by atoms with Crippen molar-refractivity contribution >= 4 is 24.0 Å². The molecule has 0 saturated heterocycles. The third-order valence-corrected chi connectivity index (χ3v) is 3.46. The largest absolute Gasteiger partial charge is 0.469 e. The fourth-order valence-electron chi connectivity index (χ4n) is 1.76. The molecule has 0 fully saturated rings. The van der Waals surface area contributed by atoms with Gasteiger partial charge in [0.05, 0.1) is 13.7 Å². The predicted molar refractivity (Wildman–Crippen MR) is 101 cm³/mol. The Morgan fingerprint density at radius 2 is 2.23 bits per heavy atom. The number of carbonyl (C=O) groups is 1. The van der Waals surface area contributed by atoms with E-state index in [1.54, 1.807) is 13.0 Å². The lowest BCUT2D eigenvalue weighted by Gasteiger charge is -2.27. The number of nitrogens with one attached hydrogen (secondary N) is 2. The molecule has 5 nitrogen and oxygen atoms in total. The van der Waals surface area contributed by atoms with E-state index in [9.17, 15) is 13.6 Å². The van der Waals surface area contributed by atoms with E-state index in [2.05, 4.69) is 28.1 Å².